The van der Waals surface area contributed by atoms with Crippen LogP contribution in [0.5, 0.6) is 11.5 Å². The number of urea groups is 1. The second-order valence-electron chi connectivity index (χ2n) is 9.90. The van der Waals surface area contributed by atoms with Crippen LogP contribution in [-0.4, -0.2) is 48.8 Å². The molecule has 0 saturated heterocycles. The fourth-order valence-corrected chi connectivity index (χ4v) is 6.02. The molecule has 1 aliphatic rings. The van der Waals surface area contributed by atoms with Gasteiger partial charge in [-0.2, -0.15) is 0 Å². The van der Waals surface area contributed by atoms with E-state index in [0.29, 0.717) is 43.4 Å². The van der Waals surface area contributed by atoms with Gasteiger partial charge in [0.05, 0.1) is 25.0 Å². The number of carbonyl (C=O) groups excluding carboxylic acids is 1. The van der Waals surface area contributed by atoms with Gasteiger partial charge in [0.1, 0.15) is 0 Å². The molecule has 0 fully saturated rings. The summed E-state index contributed by atoms with van der Waals surface area (Å²) in [6.07, 6.45) is 2.24. The smallest absolute Gasteiger partial charge is 0.318 e. The number of hydrogen-bond acceptors (Lipinski definition) is 9. The third-order valence-electron chi connectivity index (χ3n) is 6.78. The van der Waals surface area contributed by atoms with Gasteiger partial charge in [0.25, 0.3) is 0 Å². The van der Waals surface area contributed by atoms with Gasteiger partial charge in [-0.1, -0.05) is 44.5 Å². The van der Waals surface area contributed by atoms with Gasteiger partial charge in [-0.15, -0.1) is 22.7 Å². The molecule has 1 unspecified atom stereocenters. The minimum absolute atomic E-state index is 0.0334. The normalized spacial score (nSPS) is 14.2. The number of aliphatic hydroxyl groups excluding tert-OH is 1. The fraction of sp³-hybridized carbons (Fsp3) is 0.433. The number of rotatable bonds is 17. The predicted molar refractivity (Wildman–Crippen MR) is 163 cm³/mol. The Morgan fingerprint density at radius 2 is 1.80 bits per heavy atom. The van der Waals surface area contributed by atoms with E-state index >= 15 is 0 Å². The minimum atomic E-state index is -0.960. The number of aliphatic hydroxyl groups is 1. The van der Waals surface area contributed by atoms with Crippen molar-refractivity contribution in [2.45, 2.75) is 64.1 Å². The molecule has 41 heavy (non-hydrogen) atoms. The Balaban J connectivity index is 1.38. The highest BCUT2D eigenvalue weighted by atomic mass is 32.1. The molecule has 0 spiro atoms. The number of fused-ring (bicyclic) bond motifs is 1. The van der Waals surface area contributed by atoms with Crippen molar-refractivity contribution in [2.24, 2.45) is 0 Å². The zero-order valence-electron chi connectivity index (χ0n) is 23.6. The SMILES string of the molecule is C=C(N[C@@H](CCCC)CNC(=O)N(Cc1cccs1)Cc1cccs1)N[C@H](CC(O)OC)c1ccc2c(c1)OCO2. The van der Waals surface area contributed by atoms with E-state index in [1.165, 1.54) is 7.11 Å². The third kappa shape index (κ3) is 9.39. The summed E-state index contributed by atoms with van der Waals surface area (Å²) in [7, 11) is 1.47. The van der Waals surface area contributed by atoms with Crippen molar-refractivity contribution in [2.75, 3.05) is 20.4 Å². The lowest BCUT2D eigenvalue weighted by Gasteiger charge is -2.28. The molecule has 0 aliphatic carbocycles. The summed E-state index contributed by atoms with van der Waals surface area (Å²) in [5.74, 6) is 1.96. The van der Waals surface area contributed by atoms with E-state index in [0.717, 1.165) is 34.6 Å². The van der Waals surface area contributed by atoms with Gasteiger partial charge in [-0.25, -0.2) is 4.79 Å². The van der Waals surface area contributed by atoms with E-state index in [9.17, 15) is 9.90 Å². The molecule has 2 amide bonds. The molecule has 2 aromatic heterocycles. The number of methoxy groups -OCH3 is 1. The number of amides is 2. The summed E-state index contributed by atoms with van der Waals surface area (Å²) in [6.45, 7) is 8.11. The van der Waals surface area contributed by atoms with Gasteiger partial charge < -0.3 is 40.2 Å². The van der Waals surface area contributed by atoms with Gasteiger partial charge in [-0.05, 0) is 47.0 Å². The first kappa shape index (κ1) is 30.7. The number of benzene rings is 1. The molecule has 1 aromatic carbocycles. The van der Waals surface area contributed by atoms with Gasteiger partial charge in [0.15, 0.2) is 17.8 Å². The maximum absolute atomic E-state index is 13.4. The molecular formula is C30H40N4O5S2. The number of unbranched alkanes of at least 4 members (excludes halogenated alkanes) is 1. The molecule has 9 nitrogen and oxygen atoms in total. The van der Waals surface area contributed by atoms with Crippen LogP contribution in [0.4, 0.5) is 4.79 Å². The van der Waals surface area contributed by atoms with Crippen LogP contribution in [-0.2, 0) is 17.8 Å². The molecule has 3 heterocycles. The number of ether oxygens (including phenoxy) is 3. The second-order valence-corrected chi connectivity index (χ2v) is 12.0. The van der Waals surface area contributed by atoms with Crippen LogP contribution < -0.4 is 25.4 Å². The van der Waals surface area contributed by atoms with Gasteiger partial charge in [-0.3, -0.25) is 0 Å². The summed E-state index contributed by atoms with van der Waals surface area (Å²) in [4.78, 5) is 17.5. The lowest BCUT2D eigenvalue weighted by molar-refractivity contribution is -0.0833. The van der Waals surface area contributed by atoms with Crippen molar-refractivity contribution in [3.8, 4) is 11.5 Å². The van der Waals surface area contributed by atoms with Gasteiger partial charge in [0, 0.05) is 35.9 Å². The molecule has 3 atom stereocenters. The molecule has 4 rings (SSSR count). The maximum atomic E-state index is 13.4. The Morgan fingerprint density at radius 3 is 2.44 bits per heavy atom. The number of nitrogens with zero attached hydrogens (tertiary/aromatic N) is 1. The van der Waals surface area contributed by atoms with Crippen molar-refractivity contribution in [3.63, 3.8) is 0 Å². The standard InChI is InChI=1S/C30H40N4O5S2/c1-4-5-8-23(17-31-30(36)34(18-24-9-6-13-40-24)19-25-10-7-14-41-25)32-21(2)33-26(16-29(35)37-3)22-11-12-27-28(15-22)39-20-38-27/h6-7,9-15,23,26,29,32-33,35H,2,4-5,8,16-20H2,1,3H3,(H,31,36)/t23-,26+,29?/m0/s1. The quantitative estimate of drug-likeness (QED) is 0.151. The monoisotopic (exact) mass is 600 g/mol. The topological polar surface area (TPSA) is 104 Å². The van der Waals surface area contributed by atoms with E-state index in [4.69, 9.17) is 14.2 Å². The van der Waals surface area contributed by atoms with Crippen LogP contribution in [0, 0.1) is 0 Å². The Kier molecular flexibility index (Phi) is 11.7. The highest BCUT2D eigenvalue weighted by Gasteiger charge is 2.22. The van der Waals surface area contributed by atoms with Crippen molar-refractivity contribution in [1.29, 1.82) is 0 Å². The zero-order chi connectivity index (χ0) is 29.0. The first-order chi connectivity index (χ1) is 19.9. The average molecular weight is 601 g/mol. The Bertz CT molecular complexity index is 1190. The summed E-state index contributed by atoms with van der Waals surface area (Å²) in [6, 6.07) is 13.4. The van der Waals surface area contributed by atoms with Crippen molar-refractivity contribution in [1.82, 2.24) is 20.9 Å². The number of carbonyl (C=O) groups is 1. The molecule has 4 N–H and O–H groups in total. The van der Waals surface area contributed by atoms with Crippen LogP contribution in [0.1, 0.15) is 54.0 Å². The Hall–Kier alpha value is -3.25. The Morgan fingerprint density at radius 1 is 1.10 bits per heavy atom. The molecule has 1 aliphatic heterocycles. The van der Waals surface area contributed by atoms with E-state index < -0.39 is 6.29 Å². The third-order valence-corrected chi connectivity index (χ3v) is 8.50. The van der Waals surface area contributed by atoms with Crippen molar-refractivity contribution in [3.05, 3.63) is 80.9 Å². The van der Waals surface area contributed by atoms with Crippen LogP contribution in [0.25, 0.3) is 0 Å². The number of thiophene rings is 2. The first-order valence-corrected chi connectivity index (χ1v) is 15.6. The molecule has 222 valence electrons. The summed E-state index contributed by atoms with van der Waals surface area (Å²) in [5.41, 5.74) is 0.907. The maximum Gasteiger partial charge on any atom is 0.318 e. The predicted octanol–water partition coefficient (Wildman–Crippen LogP) is 5.56. The minimum Gasteiger partial charge on any atom is -0.454 e. The largest absolute Gasteiger partial charge is 0.454 e. The van der Waals surface area contributed by atoms with Gasteiger partial charge >= 0.3 is 6.03 Å². The lowest BCUT2D eigenvalue weighted by Crippen LogP contribution is -2.47. The zero-order valence-corrected chi connectivity index (χ0v) is 25.3. The van der Waals surface area contributed by atoms with E-state index in [1.807, 2.05) is 46.0 Å². The fourth-order valence-electron chi connectivity index (χ4n) is 4.58. The number of hydrogen-bond donors (Lipinski definition) is 4. The Labute approximate surface area is 250 Å². The lowest BCUT2D eigenvalue weighted by atomic mass is 10.0. The van der Waals surface area contributed by atoms with Crippen LogP contribution in [0.3, 0.4) is 0 Å². The molecule has 0 saturated carbocycles. The highest BCUT2D eigenvalue weighted by Crippen LogP contribution is 2.35. The summed E-state index contributed by atoms with van der Waals surface area (Å²) >= 11 is 3.30. The first-order valence-electron chi connectivity index (χ1n) is 13.8. The summed E-state index contributed by atoms with van der Waals surface area (Å²) in [5, 5.41) is 24.3. The molecule has 3 aromatic rings. The van der Waals surface area contributed by atoms with Gasteiger partial charge in [0.2, 0.25) is 6.79 Å². The van der Waals surface area contributed by atoms with E-state index in [2.05, 4.69) is 41.6 Å². The van der Waals surface area contributed by atoms with Crippen LogP contribution in [0.15, 0.2) is 65.6 Å². The average Bonchev–Trinajstić information content (AvgIpc) is 3.76. The van der Waals surface area contributed by atoms with E-state index in [-0.39, 0.29) is 24.9 Å². The molecular weight excluding hydrogens is 560 g/mol. The highest BCUT2D eigenvalue weighted by molar-refractivity contribution is 7.10. The van der Waals surface area contributed by atoms with E-state index in [1.54, 1.807) is 22.7 Å². The van der Waals surface area contributed by atoms with Crippen LogP contribution >= 0.6 is 22.7 Å². The second kappa shape index (κ2) is 15.7. The van der Waals surface area contributed by atoms with Crippen molar-refractivity contribution < 1.29 is 24.1 Å². The summed E-state index contributed by atoms with van der Waals surface area (Å²) < 4.78 is 16.1. The molecule has 11 heteroatoms. The van der Waals surface area contributed by atoms with Crippen LogP contribution in [0.2, 0.25) is 0 Å². The van der Waals surface area contributed by atoms with Crippen molar-refractivity contribution >= 4 is 28.7 Å². The number of nitrogens with one attached hydrogen (secondary N) is 3. The molecule has 0 radical (unpaired) electrons. The molecule has 0 bridgehead atoms.